The SMILES string of the molecule is C[C@@H]1CNCCN1Cc1cc(Cl)cc2c1OCC2.Cl. The Hall–Kier alpha value is -0.480. The minimum Gasteiger partial charge on any atom is -0.493 e. The van der Waals surface area contributed by atoms with Crippen molar-refractivity contribution in [3.8, 4) is 5.75 Å². The molecule has 0 aromatic heterocycles. The third-order valence-electron chi connectivity index (χ3n) is 3.84. The van der Waals surface area contributed by atoms with E-state index in [1.54, 1.807) is 0 Å². The van der Waals surface area contributed by atoms with Crippen LogP contribution < -0.4 is 10.1 Å². The van der Waals surface area contributed by atoms with Gasteiger partial charge < -0.3 is 10.1 Å². The topological polar surface area (TPSA) is 24.5 Å². The van der Waals surface area contributed by atoms with Crippen molar-refractivity contribution >= 4 is 24.0 Å². The molecule has 0 bridgehead atoms. The predicted molar refractivity (Wildman–Crippen MR) is 80.6 cm³/mol. The van der Waals surface area contributed by atoms with E-state index in [2.05, 4.69) is 23.2 Å². The van der Waals surface area contributed by atoms with E-state index < -0.39 is 0 Å². The van der Waals surface area contributed by atoms with Crippen LogP contribution in [0.4, 0.5) is 0 Å². The first kappa shape index (κ1) is 14.9. The summed E-state index contributed by atoms with van der Waals surface area (Å²) in [7, 11) is 0. The van der Waals surface area contributed by atoms with Gasteiger partial charge in [0, 0.05) is 49.2 Å². The molecule has 0 spiro atoms. The standard InChI is InChI=1S/C14H19ClN2O.ClH/c1-10-8-16-3-4-17(10)9-12-7-13(15)6-11-2-5-18-14(11)12;/h6-7,10,16H,2-5,8-9H2,1H3;1H/t10-;/m1./s1. The fraction of sp³-hybridized carbons (Fsp3) is 0.571. The third-order valence-corrected chi connectivity index (χ3v) is 4.06. The minimum atomic E-state index is 0. The van der Waals surface area contributed by atoms with Gasteiger partial charge in [-0.2, -0.15) is 0 Å². The number of hydrogen-bond donors (Lipinski definition) is 1. The van der Waals surface area contributed by atoms with Gasteiger partial charge in [0.2, 0.25) is 0 Å². The number of fused-ring (bicyclic) bond motifs is 1. The summed E-state index contributed by atoms with van der Waals surface area (Å²) in [6.07, 6.45) is 0.986. The molecule has 0 aliphatic carbocycles. The number of nitrogens with zero attached hydrogens (tertiary/aromatic N) is 1. The van der Waals surface area contributed by atoms with Gasteiger partial charge in [-0.25, -0.2) is 0 Å². The second-order valence-electron chi connectivity index (χ2n) is 5.18. The Morgan fingerprint density at radius 3 is 3.11 bits per heavy atom. The average molecular weight is 303 g/mol. The van der Waals surface area contributed by atoms with E-state index in [4.69, 9.17) is 16.3 Å². The van der Waals surface area contributed by atoms with E-state index in [0.717, 1.165) is 50.0 Å². The summed E-state index contributed by atoms with van der Waals surface area (Å²) < 4.78 is 5.76. The van der Waals surface area contributed by atoms with Crippen molar-refractivity contribution in [2.45, 2.75) is 25.9 Å². The lowest BCUT2D eigenvalue weighted by atomic mass is 10.1. The van der Waals surface area contributed by atoms with Crippen molar-refractivity contribution in [1.29, 1.82) is 0 Å². The molecule has 3 nitrogen and oxygen atoms in total. The summed E-state index contributed by atoms with van der Waals surface area (Å²) in [5, 5.41) is 4.25. The first-order valence-electron chi connectivity index (χ1n) is 6.63. The monoisotopic (exact) mass is 302 g/mol. The van der Waals surface area contributed by atoms with Crippen molar-refractivity contribution in [3.63, 3.8) is 0 Å². The highest BCUT2D eigenvalue weighted by molar-refractivity contribution is 6.30. The Labute approximate surface area is 125 Å². The molecule has 0 radical (unpaired) electrons. The fourth-order valence-electron chi connectivity index (χ4n) is 2.80. The van der Waals surface area contributed by atoms with Gasteiger partial charge in [0.15, 0.2) is 0 Å². The zero-order valence-electron chi connectivity index (χ0n) is 11.1. The molecule has 2 aliphatic heterocycles. The largest absolute Gasteiger partial charge is 0.493 e. The van der Waals surface area contributed by atoms with Gasteiger partial charge in [0.25, 0.3) is 0 Å². The Kier molecular flexibility index (Phi) is 4.96. The quantitative estimate of drug-likeness (QED) is 0.908. The van der Waals surface area contributed by atoms with Gasteiger partial charge in [-0.05, 0) is 24.6 Å². The molecule has 1 N–H and O–H groups in total. The highest BCUT2D eigenvalue weighted by atomic mass is 35.5. The lowest BCUT2D eigenvalue weighted by Gasteiger charge is -2.34. The molecule has 19 heavy (non-hydrogen) atoms. The van der Waals surface area contributed by atoms with Gasteiger partial charge in [-0.15, -0.1) is 12.4 Å². The van der Waals surface area contributed by atoms with E-state index in [0.29, 0.717) is 6.04 Å². The summed E-state index contributed by atoms with van der Waals surface area (Å²) in [5.74, 6) is 1.07. The van der Waals surface area contributed by atoms with Crippen molar-refractivity contribution in [1.82, 2.24) is 10.2 Å². The van der Waals surface area contributed by atoms with Gasteiger partial charge in [-0.1, -0.05) is 11.6 Å². The van der Waals surface area contributed by atoms with E-state index in [1.165, 1.54) is 11.1 Å². The lowest BCUT2D eigenvalue weighted by Crippen LogP contribution is -2.49. The zero-order chi connectivity index (χ0) is 12.5. The molecule has 1 aromatic carbocycles. The second-order valence-corrected chi connectivity index (χ2v) is 5.61. The predicted octanol–water partition coefficient (Wildman–Crippen LogP) is 2.49. The number of hydrogen-bond acceptors (Lipinski definition) is 3. The molecule has 2 aliphatic rings. The summed E-state index contributed by atoms with van der Waals surface area (Å²) in [4.78, 5) is 2.49. The second kappa shape index (κ2) is 6.31. The molecule has 2 heterocycles. The molecular weight excluding hydrogens is 283 g/mol. The number of nitrogens with one attached hydrogen (secondary N) is 1. The van der Waals surface area contributed by atoms with Crippen molar-refractivity contribution in [2.75, 3.05) is 26.2 Å². The molecule has 0 unspecified atom stereocenters. The van der Waals surface area contributed by atoms with E-state index in [9.17, 15) is 0 Å². The average Bonchev–Trinajstić information content (AvgIpc) is 2.80. The maximum atomic E-state index is 6.20. The molecule has 106 valence electrons. The molecular formula is C14H20Cl2N2O. The molecule has 1 saturated heterocycles. The summed E-state index contributed by atoms with van der Waals surface area (Å²) in [5.41, 5.74) is 2.50. The van der Waals surface area contributed by atoms with Crippen LogP contribution >= 0.6 is 24.0 Å². The number of rotatable bonds is 2. The molecule has 1 aromatic rings. The first-order chi connectivity index (χ1) is 8.74. The van der Waals surface area contributed by atoms with E-state index >= 15 is 0 Å². The Morgan fingerprint density at radius 1 is 1.47 bits per heavy atom. The van der Waals surface area contributed by atoms with Crippen LogP contribution in [0.2, 0.25) is 5.02 Å². The maximum Gasteiger partial charge on any atom is 0.127 e. The number of halogens is 2. The van der Waals surface area contributed by atoms with E-state index in [1.807, 2.05) is 6.07 Å². The summed E-state index contributed by atoms with van der Waals surface area (Å²) >= 11 is 6.20. The summed E-state index contributed by atoms with van der Waals surface area (Å²) in [6, 6.07) is 4.66. The molecule has 1 fully saturated rings. The van der Waals surface area contributed by atoms with Crippen LogP contribution in [0.3, 0.4) is 0 Å². The molecule has 5 heteroatoms. The van der Waals surface area contributed by atoms with Crippen LogP contribution in [-0.4, -0.2) is 37.2 Å². The van der Waals surface area contributed by atoms with Crippen molar-refractivity contribution in [2.24, 2.45) is 0 Å². The molecule has 1 atom stereocenters. The minimum absolute atomic E-state index is 0. The van der Waals surface area contributed by atoms with Gasteiger partial charge in [-0.3, -0.25) is 4.90 Å². The molecule has 0 saturated carbocycles. The Balaban J connectivity index is 0.00000133. The van der Waals surface area contributed by atoms with Gasteiger partial charge in [0.05, 0.1) is 6.61 Å². The normalized spacial score (nSPS) is 22.5. The van der Waals surface area contributed by atoms with Crippen LogP contribution in [0.25, 0.3) is 0 Å². The lowest BCUT2D eigenvalue weighted by molar-refractivity contribution is 0.164. The highest BCUT2D eigenvalue weighted by Crippen LogP contribution is 2.33. The van der Waals surface area contributed by atoms with Crippen LogP contribution in [-0.2, 0) is 13.0 Å². The van der Waals surface area contributed by atoms with Crippen molar-refractivity contribution < 1.29 is 4.74 Å². The Morgan fingerprint density at radius 2 is 2.32 bits per heavy atom. The van der Waals surface area contributed by atoms with Crippen LogP contribution in [0.1, 0.15) is 18.1 Å². The summed E-state index contributed by atoms with van der Waals surface area (Å²) in [6.45, 7) is 7.20. The third kappa shape index (κ3) is 3.16. The van der Waals surface area contributed by atoms with Crippen LogP contribution in [0.15, 0.2) is 12.1 Å². The number of benzene rings is 1. The smallest absolute Gasteiger partial charge is 0.127 e. The Bertz CT molecular complexity index is 453. The van der Waals surface area contributed by atoms with Crippen LogP contribution in [0.5, 0.6) is 5.75 Å². The number of piperazine rings is 1. The number of ether oxygens (including phenoxy) is 1. The van der Waals surface area contributed by atoms with Gasteiger partial charge in [0.1, 0.15) is 5.75 Å². The highest BCUT2D eigenvalue weighted by Gasteiger charge is 2.22. The van der Waals surface area contributed by atoms with Crippen LogP contribution in [0, 0.1) is 0 Å². The maximum absolute atomic E-state index is 6.20. The zero-order valence-corrected chi connectivity index (χ0v) is 12.7. The van der Waals surface area contributed by atoms with Gasteiger partial charge >= 0.3 is 0 Å². The van der Waals surface area contributed by atoms with E-state index in [-0.39, 0.29) is 12.4 Å². The molecule has 3 rings (SSSR count). The van der Waals surface area contributed by atoms with Crippen molar-refractivity contribution in [3.05, 3.63) is 28.3 Å². The molecule has 0 amide bonds. The first-order valence-corrected chi connectivity index (χ1v) is 7.00. The fourth-order valence-corrected chi connectivity index (χ4v) is 3.06.